The standard InChI is InChI=1S/C18H27FO4/c1-17-9-7-13-11(12(17)4-6-15(17)21)3-5-14(20)18(13,2)10-8-16(22)23-19/h11-13,15,21H,3-10H2,1-2H3. The molecule has 130 valence electrons. The van der Waals surface area contributed by atoms with E-state index in [2.05, 4.69) is 11.9 Å². The van der Waals surface area contributed by atoms with Gasteiger partial charge in [-0.15, -0.1) is 0 Å². The van der Waals surface area contributed by atoms with Gasteiger partial charge in [0.05, 0.1) is 12.5 Å². The molecule has 0 aromatic rings. The quantitative estimate of drug-likeness (QED) is 0.864. The average molecular weight is 326 g/mol. The van der Waals surface area contributed by atoms with Crippen LogP contribution < -0.4 is 0 Å². The number of halogens is 1. The van der Waals surface area contributed by atoms with Crippen molar-refractivity contribution >= 4 is 11.8 Å². The van der Waals surface area contributed by atoms with Crippen molar-refractivity contribution in [2.75, 3.05) is 0 Å². The fourth-order valence-electron chi connectivity index (χ4n) is 5.97. The summed E-state index contributed by atoms with van der Waals surface area (Å²) in [6.45, 7) is 4.14. The molecule has 5 heteroatoms. The number of carbonyl (C=O) groups excluding carboxylic acids is 2. The Morgan fingerprint density at radius 1 is 1.26 bits per heavy atom. The monoisotopic (exact) mass is 326 g/mol. The fourth-order valence-corrected chi connectivity index (χ4v) is 5.97. The molecule has 6 unspecified atom stereocenters. The molecule has 3 fully saturated rings. The van der Waals surface area contributed by atoms with E-state index in [0.717, 1.165) is 32.1 Å². The van der Waals surface area contributed by atoms with Crippen molar-refractivity contribution in [1.82, 2.24) is 0 Å². The predicted molar refractivity (Wildman–Crippen MR) is 81.8 cm³/mol. The molecule has 6 atom stereocenters. The largest absolute Gasteiger partial charge is 0.393 e. The summed E-state index contributed by atoms with van der Waals surface area (Å²) < 4.78 is 12.0. The third-order valence-electron chi connectivity index (χ3n) is 7.48. The van der Waals surface area contributed by atoms with Crippen LogP contribution in [0.5, 0.6) is 0 Å². The fraction of sp³-hybridized carbons (Fsp3) is 0.889. The Bertz CT molecular complexity index is 507. The molecule has 1 N–H and O–H groups in total. The maximum atomic E-state index is 12.6. The smallest absolute Gasteiger partial charge is 0.348 e. The minimum absolute atomic E-state index is 0.0274. The van der Waals surface area contributed by atoms with Crippen molar-refractivity contribution in [3.63, 3.8) is 0 Å². The summed E-state index contributed by atoms with van der Waals surface area (Å²) in [5.41, 5.74) is -0.591. The first-order chi connectivity index (χ1) is 10.8. The Morgan fingerprint density at radius 2 is 2.00 bits per heavy atom. The number of aliphatic hydroxyl groups is 1. The van der Waals surface area contributed by atoms with E-state index in [1.165, 1.54) is 0 Å². The number of aliphatic hydroxyl groups excluding tert-OH is 1. The third kappa shape index (κ3) is 2.51. The summed E-state index contributed by atoms with van der Waals surface area (Å²) in [5, 5.41) is 10.4. The van der Waals surface area contributed by atoms with Crippen molar-refractivity contribution in [3.05, 3.63) is 0 Å². The van der Waals surface area contributed by atoms with Gasteiger partial charge in [0.2, 0.25) is 0 Å². The van der Waals surface area contributed by atoms with Gasteiger partial charge < -0.3 is 5.11 Å². The lowest BCUT2D eigenvalue weighted by Crippen LogP contribution is -2.53. The minimum atomic E-state index is -0.891. The Labute approximate surface area is 136 Å². The van der Waals surface area contributed by atoms with E-state index in [4.69, 9.17) is 0 Å². The van der Waals surface area contributed by atoms with E-state index in [9.17, 15) is 19.2 Å². The van der Waals surface area contributed by atoms with Crippen LogP contribution >= 0.6 is 0 Å². The highest BCUT2D eigenvalue weighted by Crippen LogP contribution is 2.62. The van der Waals surface area contributed by atoms with Gasteiger partial charge >= 0.3 is 5.97 Å². The summed E-state index contributed by atoms with van der Waals surface area (Å²) >= 11 is 0. The molecule has 3 saturated carbocycles. The second-order valence-electron chi connectivity index (χ2n) is 8.34. The molecular weight excluding hydrogens is 299 g/mol. The zero-order valence-corrected chi connectivity index (χ0v) is 14.0. The van der Waals surface area contributed by atoms with Crippen molar-refractivity contribution in [2.45, 2.75) is 71.3 Å². The van der Waals surface area contributed by atoms with Gasteiger partial charge in [0.1, 0.15) is 5.78 Å². The molecule has 0 heterocycles. The van der Waals surface area contributed by atoms with E-state index in [1.807, 2.05) is 6.92 Å². The van der Waals surface area contributed by atoms with Crippen LogP contribution in [0.1, 0.15) is 65.2 Å². The van der Waals surface area contributed by atoms with Crippen LogP contribution in [-0.2, 0) is 14.5 Å². The first kappa shape index (κ1) is 16.9. The van der Waals surface area contributed by atoms with Crippen LogP contribution in [0.2, 0.25) is 0 Å². The molecular formula is C18H27FO4. The number of rotatable bonds is 3. The van der Waals surface area contributed by atoms with Gasteiger partial charge in [0.15, 0.2) is 0 Å². The SMILES string of the molecule is CC1(CCC(=O)OF)C(=O)CCC2C1CCC1(C)C(O)CCC21. The number of hydrogen-bond donors (Lipinski definition) is 1. The molecule has 0 aromatic carbocycles. The summed E-state index contributed by atoms with van der Waals surface area (Å²) in [5.74, 6) is 0.428. The van der Waals surface area contributed by atoms with Crippen molar-refractivity contribution in [3.8, 4) is 0 Å². The number of hydrogen-bond acceptors (Lipinski definition) is 4. The number of fused-ring (bicyclic) bond motifs is 3. The van der Waals surface area contributed by atoms with E-state index in [0.29, 0.717) is 24.7 Å². The highest BCUT2D eigenvalue weighted by atomic mass is 19.3. The van der Waals surface area contributed by atoms with Gasteiger partial charge in [-0.3, -0.25) is 9.74 Å². The second kappa shape index (κ2) is 5.83. The summed E-state index contributed by atoms with van der Waals surface area (Å²) in [4.78, 5) is 27.1. The number of carbonyl (C=O) groups is 2. The van der Waals surface area contributed by atoms with Gasteiger partial charge in [0.25, 0.3) is 0 Å². The van der Waals surface area contributed by atoms with Crippen LogP contribution in [0, 0.1) is 28.6 Å². The van der Waals surface area contributed by atoms with E-state index >= 15 is 0 Å². The van der Waals surface area contributed by atoms with Crippen LogP contribution in [0.3, 0.4) is 0 Å². The second-order valence-corrected chi connectivity index (χ2v) is 8.34. The maximum absolute atomic E-state index is 12.6. The number of Topliss-reactive ketones (excluding diaryl/α,β-unsaturated/α-hetero) is 1. The molecule has 0 bridgehead atoms. The molecule has 0 aromatic heterocycles. The van der Waals surface area contributed by atoms with Crippen LogP contribution in [0.4, 0.5) is 4.53 Å². The lowest BCUT2D eigenvalue weighted by atomic mass is 9.49. The Hall–Kier alpha value is -0.970. The van der Waals surface area contributed by atoms with Gasteiger partial charge in [-0.1, -0.05) is 13.8 Å². The van der Waals surface area contributed by atoms with E-state index in [1.54, 1.807) is 0 Å². The Balaban J connectivity index is 1.83. The third-order valence-corrected chi connectivity index (χ3v) is 7.48. The van der Waals surface area contributed by atoms with E-state index < -0.39 is 11.4 Å². The van der Waals surface area contributed by atoms with Gasteiger partial charge in [0, 0.05) is 16.4 Å². The Morgan fingerprint density at radius 3 is 2.70 bits per heavy atom. The topological polar surface area (TPSA) is 63.6 Å². The first-order valence-electron chi connectivity index (χ1n) is 8.85. The summed E-state index contributed by atoms with van der Waals surface area (Å²) in [6.07, 6.45) is 5.20. The van der Waals surface area contributed by atoms with Crippen molar-refractivity contribution < 1.29 is 24.2 Å². The lowest BCUT2D eigenvalue weighted by Gasteiger charge is -2.55. The molecule has 0 aliphatic heterocycles. The van der Waals surface area contributed by atoms with Crippen molar-refractivity contribution in [1.29, 1.82) is 0 Å². The first-order valence-corrected chi connectivity index (χ1v) is 8.85. The molecule has 3 aliphatic rings. The molecule has 23 heavy (non-hydrogen) atoms. The normalized spacial score (nSPS) is 46.2. The van der Waals surface area contributed by atoms with E-state index in [-0.39, 0.29) is 29.6 Å². The van der Waals surface area contributed by atoms with Crippen LogP contribution in [-0.4, -0.2) is 23.0 Å². The highest BCUT2D eigenvalue weighted by Gasteiger charge is 2.59. The molecule has 4 nitrogen and oxygen atoms in total. The maximum Gasteiger partial charge on any atom is 0.348 e. The summed E-state index contributed by atoms with van der Waals surface area (Å²) in [7, 11) is 0. The minimum Gasteiger partial charge on any atom is -0.393 e. The van der Waals surface area contributed by atoms with Gasteiger partial charge in [-0.05, 0) is 61.7 Å². The Kier molecular flexibility index (Phi) is 4.28. The molecule has 0 saturated heterocycles. The molecule has 0 spiro atoms. The van der Waals surface area contributed by atoms with Crippen LogP contribution in [0.25, 0.3) is 0 Å². The van der Waals surface area contributed by atoms with Crippen molar-refractivity contribution in [2.24, 2.45) is 28.6 Å². The van der Waals surface area contributed by atoms with Gasteiger partial charge in [-0.25, -0.2) is 4.79 Å². The zero-order valence-electron chi connectivity index (χ0n) is 14.0. The average Bonchev–Trinajstić information content (AvgIpc) is 2.84. The van der Waals surface area contributed by atoms with Crippen LogP contribution in [0.15, 0.2) is 0 Å². The molecule has 0 amide bonds. The number of ketones is 1. The zero-order chi connectivity index (χ0) is 16.8. The molecule has 3 aliphatic carbocycles. The highest BCUT2D eigenvalue weighted by molar-refractivity contribution is 5.86. The lowest BCUT2D eigenvalue weighted by molar-refractivity contribution is -0.185. The molecule has 0 radical (unpaired) electrons. The molecule has 3 rings (SSSR count). The van der Waals surface area contributed by atoms with Gasteiger partial charge in [-0.2, -0.15) is 0 Å². The summed E-state index contributed by atoms with van der Waals surface area (Å²) in [6, 6.07) is 0. The predicted octanol–water partition coefficient (Wildman–Crippen LogP) is 3.37.